The van der Waals surface area contributed by atoms with E-state index in [1.165, 1.54) is 45.2 Å². The first kappa shape index (κ1) is 28.6. The van der Waals surface area contributed by atoms with Crippen LogP contribution in [0.5, 0.6) is 0 Å². The molecule has 7 aromatic rings. The van der Waals surface area contributed by atoms with Gasteiger partial charge in [0.05, 0.1) is 0 Å². The van der Waals surface area contributed by atoms with E-state index in [9.17, 15) is 4.39 Å². The largest absolute Gasteiger partial charge is 0.304 e. The van der Waals surface area contributed by atoms with Crippen molar-refractivity contribution in [2.75, 3.05) is 0 Å². The van der Waals surface area contributed by atoms with Gasteiger partial charge in [0.15, 0.2) is 0 Å². The van der Waals surface area contributed by atoms with E-state index in [1.807, 2.05) is 42.6 Å². The summed E-state index contributed by atoms with van der Waals surface area (Å²) in [6.45, 7) is 4.60. The summed E-state index contributed by atoms with van der Waals surface area (Å²) in [5.41, 5.74) is 9.07. The van der Waals surface area contributed by atoms with Crippen LogP contribution in [0.1, 0.15) is 25.0 Å². The van der Waals surface area contributed by atoms with E-state index < -0.39 is 0 Å². The molecule has 8 rings (SSSR count). The summed E-state index contributed by atoms with van der Waals surface area (Å²) < 4.78 is 12.9. The van der Waals surface area contributed by atoms with E-state index in [2.05, 4.69) is 96.6 Å². The van der Waals surface area contributed by atoms with Gasteiger partial charge in [-0.05, 0) is 50.0 Å². The number of hydrogen-bond acceptors (Lipinski definition) is 2. The Morgan fingerprint density at radius 3 is 2.16 bits per heavy atom. The molecule has 0 amide bonds. The molecule has 0 N–H and O–H groups in total. The van der Waals surface area contributed by atoms with Gasteiger partial charge in [-0.3, -0.25) is 4.39 Å². The summed E-state index contributed by atoms with van der Waals surface area (Å²) >= 11 is 0. The van der Waals surface area contributed by atoms with Gasteiger partial charge in [-0.1, -0.05) is 104 Å². The maximum atomic E-state index is 12.9. The van der Waals surface area contributed by atoms with Crippen molar-refractivity contribution in [3.63, 3.8) is 0 Å². The molecular formula is C39H27FIrN2-2. The molecule has 2 nitrogen and oxygen atoms in total. The first-order valence-electron chi connectivity index (χ1n) is 14.0. The van der Waals surface area contributed by atoms with Crippen LogP contribution in [0, 0.1) is 17.9 Å². The van der Waals surface area contributed by atoms with Crippen molar-refractivity contribution < 1.29 is 24.5 Å². The Bertz CT molecular complexity index is 2080. The minimum Gasteiger partial charge on any atom is -0.304 e. The van der Waals surface area contributed by atoms with E-state index in [4.69, 9.17) is 0 Å². The minimum absolute atomic E-state index is 0. The summed E-state index contributed by atoms with van der Waals surface area (Å²) in [7, 11) is 0. The number of pyridine rings is 2. The SMILES string of the molecule is CC1(C)c2ccccc2-c2c[c-]c(-c3cc4ccccc4cn3)cc21.Fc1c[c-]c(-c2nccc3ccccc23)cc1.[Ir]. The summed E-state index contributed by atoms with van der Waals surface area (Å²) in [5.74, 6) is -0.283. The Morgan fingerprint density at radius 1 is 0.628 bits per heavy atom. The van der Waals surface area contributed by atoms with Crippen molar-refractivity contribution in [2.45, 2.75) is 19.3 Å². The molecule has 1 aliphatic carbocycles. The Kier molecular flexibility index (Phi) is 7.75. The number of benzene rings is 5. The predicted molar refractivity (Wildman–Crippen MR) is 170 cm³/mol. The average molecular weight is 735 g/mol. The summed E-state index contributed by atoms with van der Waals surface area (Å²) in [6.07, 6.45) is 3.71. The van der Waals surface area contributed by atoms with Crippen LogP contribution in [-0.4, -0.2) is 9.97 Å². The number of rotatable bonds is 2. The van der Waals surface area contributed by atoms with Gasteiger partial charge in [-0.2, -0.15) is 0 Å². The average Bonchev–Trinajstić information content (AvgIpc) is 3.27. The first-order chi connectivity index (χ1) is 20.5. The van der Waals surface area contributed by atoms with Crippen molar-refractivity contribution >= 4 is 21.5 Å². The number of hydrogen-bond donors (Lipinski definition) is 0. The topological polar surface area (TPSA) is 25.8 Å². The van der Waals surface area contributed by atoms with Crippen LogP contribution in [0.15, 0.2) is 128 Å². The van der Waals surface area contributed by atoms with Crippen molar-refractivity contribution in [3.8, 4) is 33.6 Å². The van der Waals surface area contributed by atoms with Crippen LogP contribution in [0.25, 0.3) is 55.2 Å². The molecule has 43 heavy (non-hydrogen) atoms. The molecular weight excluding hydrogens is 708 g/mol. The predicted octanol–water partition coefficient (Wildman–Crippen LogP) is 9.85. The zero-order chi connectivity index (χ0) is 28.7. The van der Waals surface area contributed by atoms with Crippen molar-refractivity contribution in [3.05, 3.63) is 157 Å². The van der Waals surface area contributed by atoms with E-state index in [1.54, 1.807) is 12.3 Å². The molecule has 0 unspecified atom stereocenters. The molecule has 0 saturated heterocycles. The number of aromatic nitrogens is 2. The van der Waals surface area contributed by atoms with Crippen LogP contribution in [0.2, 0.25) is 0 Å². The van der Waals surface area contributed by atoms with Crippen LogP contribution < -0.4 is 0 Å². The van der Waals surface area contributed by atoms with Gasteiger partial charge in [0.2, 0.25) is 0 Å². The monoisotopic (exact) mass is 735 g/mol. The van der Waals surface area contributed by atoms with Gasteiger partial charge in [0.1, 0.15) is 0 Å². The fourth-order valence-corrected chi connectivity index (χ4v) is 5.91. The third kappa shape index (κ3) is 5.29. The second kappa shape index (κ2) is 11.6. The molecule has 1 radical (unpaired) electrons. The molecule has 211 valence electrons. The normalized spacial score (nSPS) is 12.5. The zero-order valence-electron chi connectivity index (χ0n) is 23.7. The third-order valence-electron chi connectivity index (χ3n) is 8.13. The molecule has 4 heteroatoms. The van der Waals surface area contributed by atoms with E-state index in [0.717, 1.165) is 33.3 Å². The zero-order valence-corrected chi connectivity index (χ0v) is 26.1. The quantitative estimate of drug-likeness (QED) is 0.165. The van der Waals surface area contributed by atoms with Gasteiger partial charge in [-0.25, -0.2) is 0 Å². The fourth-order valence-electron chi connectivity index (χ4n) is 5.91. The standard InChI is InChI=1S/C24H18N.C15H9FN.Ir/c1-24(2)21-10-6-5-9-19(21)20-12-11-17(13-22(20)24)23-14-16-7-3-4-8-18(16)15-25-23;16-13-7-5-12(6-8-13)15-14-4-2-1-3-11(14)9-10-17-15;/h3-10,12-15H,1-2H3;1-5,7-10H;/q2*-1;. The number of halogens is 1. The van der Waals surface area contributed by atoms with E-state index >= 15 is 0 Å². The molecule has 0 bridgehead atoms. The number of fused-ring (bicyclic) bond motifs is 5. The molecule has 2 aromatic heterocycles. The molecule has 0 atom stereocenters. The fraction of sp³-hybridized carbons (Fsp3) is 0.0769. The Balaban J connectivity index is 0.000000161. The molecule has 0 saturated carbocycles. The molecule has 5 aromatic carbocycles. The van der Waals surface area contributed by atoms with Gasteiger partial charge in [0, 0.05) is 38.3 Å². The molecule has 0 fully saturated rings. The molecule has 1 aliphatic rings. The van der Waals surface area contributed by atoms with Crippen molar-refractivity contribution in [1.82, 2.24) is 9.97 Å². The first-order valence-corrected chi connectivity index (χ1v) is 14.0. The van der Waals surface area contributed by atoms with Crippen LogP contribution in [0.3, 0.4) is 0 Å². The van der Waals surface area contributed by atoms with Crippen molar-refractivity contribution in [2.24, 2.45) is 0 Å². The second-order valence-electron chi connectivity index (χ2n) is 11.1. The molecule has 0 aliphatic heterocycles. The summed E-state index contributed by atoms with van der Waals surface area (Å²) in [5, 5.41) is 4.55. The maximum Gasteiger partial charge on any atom is 0.0379 e. The van der Waals surface area contributed by atoms with Gasteiger partial charge in [0.25, 0.3) is 0 Å². The maximum absolute atomic E-state index is 12.9. The van der Waals surface area contributed by atoms with Crippen LogP contribution in [0.4, 0.5) is 4.39 Å². The number of nitrogens with zero attached hydrogens (tertiary/aromatic N) is 2. The third-order valence-corrected chi connectivity index (χ3v) is 8.13. The summed E-state index contributed by atoms with van der Waals surface area (Å²) in [6, 6.07) is 44.4. The molecule has 2 heterocycles. The van der Waals surface area contributed by atoms with E-state index in [-0.39, 0.29) is 31.3 Å². The Hall–Kier alpha value is -4.50. The van der Waals surface area contributed by atoms with Gasteiger partial charge >= 0.3 is 0 Å². The Morgan fingerprint density at radius 2 is 1.35 bits per heavy atom. The van der Waals surface area contributed by atoms with Gasteiger partial charge < -0.3 is 9.97 Å². The van der Waals surface area contributed by atoms with Crippen LogP contribution in [-0.2, 0) is 25.5 Å². The summed E-state index contributed by atoms with van der Waals surface area (Å²) in [4.78, 5) is 9.02. The van der Waals surface area contributed by atoms with Crippen LogP contribution >= 0.6 is 0 Å². The minimum atomic E-state index is -0.283. The molecule has 0 spiro atoms. The smallest absolute Gasteiger partial charge is 0.0379 e. The van der Waals surface area contributed by atoms with Crippen molar-refractivity contribution in [1.29, 1.82) is 0 Å². The second-order valence-corrected chi connectivity index (χ2v) is 11.1. The Labute approximate surface area is 264 Å². The van der Waals surface area contributed by atoms with E-state index in [0.29, 0.717) is 0 Å². The van der Waals surface area contributed by atoms with Gasteiger partial charge in [-0.15, -0.1) is 59.2 Å².